The van der Waals surface area contributed by atoms with Gasteiger partial charge in [-0.25, -0.2) is 0 Å². The number of nitrogens with one attached hydrogen (secondary N) is 2. The van der Waals surface area contributed by atoms with Crippen LogP contribution >= 0.6 is 11.6 Å². The molecule has 0 saturated heterocycles. The average Bonchev–Trinajstić information content (AvgIpc) is 3.61. The first-order chi connectivity index (χ1) is 22.0. The average molecular weight is 657 g/mol. The first kappa shape index (κ1) is 31.2. The van der Waals surface area contributed by atoms with Crippen molar-refractivity contribution in [3.05, 3.63) is 100 Å². The van der Waals surface area contributed by atoms with Gasteiger partial charge in [0.2, 0.25) is 14.2 Å². The smallest absolute Gasteiger partial charge is 0.251 e. The Bertz CT molecular complexity index is 1980. The van der Waals surface area contributed by atoms with Gasteiger partial charge in [-0.1, -0.05) is 23.7 Å². The Morgan fingerprint density at radius 2 is 1.80 bits per heavy atom. The number of aryl methyl sites for hydroxylation is 1. The van der Waals surface area contributed by atoms with E-state index in [2.05, 4.69) is 20.8 Å². The van der Waals surface area contributed by atoms with Crippen LogP contribution in [0.4, 0.5) is 0 Å². The van der Waals surface area contributed by atoms with E-state index in [0.29, 0.717) is 39.3 Å². The van der Waals surface area contributed by atoms with Crippen molar-refractivity contribution in [1.29, 1.82) is 0 Å². The summed E-state index contributed by atoms with van der Waals surface area (Å²) in [6.45, 7) is 5.88. The van der Waals surface area contributed by atoms with Gasteiger partial charge >= 0.3 is 0 Å². The van der Waals surface area contributed by atoms with E-state index in [4.69, 9.17) is 25.7 Å². The molecule has 1 aliphatic rings. The van der Waals surface area contributed by atoms with Crippen molar-refractivity contribution >= 4 is 53.6 Å². The molecule has 46 heavy (non-hydrogen) atoms. The summed E-state index contributed by atoms with van der Waals surface area (Å²) in [6, 6.07) is 17.6. The van der Waals surface area contributed by atoms with Crippen LogP contribution in [0.25, 0.3) is 16.7 Å². The van der Waals surface area contributed by atoms with Gasteiger partial charge in [-0.2, -0.15) is 0 Å². The molecule has 3 heterocycles. The Morgan fingerprint density at radius 3 is 2.54 bits per heavy atom. The first-order valence-electron chi connectivity index (χ1n) is 14.8. The van der Waals surface area contributed by atoms with Gasteiger partial charge < -0.3 is 24.6 Å². The number of furan rings is 1. The fourth-order valence-electron chi connectivity index (χ4n) is 5.55. The van der Waals surface area contributed by atoms with Crippen molar-refractivity contribution in [2.45, 2.75) is 32.5 Å². The lowest BCUT2D eigenvalue weighted by Gasteiger charge is -2.14. The van der Waals surface area contributed by atoms with Crippen molar-refractivity contribution in [3.8, 4) is 11.4 Å². The number of carbonyl (C=O) groups is 2. The maximum Gasteiger partial charge on any atom is 0.251 e. The van der Waals surface area contributed by atoms with E-state index in [1.54, 1.807) is 56.8 Å². The molecule has 13 heteroatoms. The number of hydrogen-bond acceptors (Lipinski definition) is 8. The van der Waals surface area contributed by atoms with Crippen LogP contribution < -0.4 is 20.6 Å². The molecule has 236 valence electrons. The minimum Gasteiger partial charge on any atom is -0.497 e. The van der Waals surface area contributed by atoms with Gasteiger partial charge in [0.1, 0.15) is 23.2 Å². The number of hydrogen-bond donors (Lipinski definition) is 3. The summed E-state index contributed by atoms with van der Waals surface area (Å²) in [5, 5.41) is 16.5. The number of rotatable bonds is 9. The SMILES string of the molecule is COc1ccc2c(c1)C(c1ccc(Cl)cc1)=N[C@@H](CC(=O)NCCNC(=O)c1ccc3occ([Si](C)(C)O)c3c1)c1nnc(C)n1-2. The molecular weight excluding hydrogens is 624 g/mol. The summed E-state index contributed by atoms with van der Waals surface area (Å²) in [5.41, 5.74) is 4.18. The second-order valence-electron chi connectivity index (χ2n) is 11.6. The molecule has 0 spiro atoms. The van der Waals surface area contributed by atoms with Gasteiger partial charge in [0.15, 0.2) is 5.82 Å². The Labute approximate surface area is 271 Å². The molecule has 0 bridgehead atoms. The van der Waals surface area contributed by atoms with Gasteiger partial charge in [0, 0.05) is 45.4 Å². The zero-order chi connectivity index (χ0) is 32.6. The number of fused-ring (bicyclic) bond motifs is 4. The van der Waals surface area contributed by atoms with E-state index in [-0.39, 0.29) is 31.3 Å². The molecule has 2 amide bonds. The van der Waals surface area contributed by atoms with E-state index >= 15 is 0 Å². The third-order valence-electron chi connectivity index (χ3n) is 7.86. The van der Waals surface area contributed by atoms with Gasteiger partial charge in [-0.3, -0.25) is 19.1 Å². The normalized spacial score (nSPS) is 14.2. The van der Waals surface area contributed by atoms with Crippen LogP contribution in [-0.2, 0) is 4.79 Å². The molecule has 0 saturated carbocycles. The molecule has 6 rings (SSSR count). The lowest BCUT2D eigenvalue weighted by Crippen LogP contribution is -2.40. The van der Waals surface area contributed by atoms with Crippen molar-refractivity contribution in [3.63, 3.8) is 0 Å². The molecule has 0 unspecified atom stereocenters. The summed E-state index contributed by atoms with van der Waals surface area (Å²) in [6.07, 6.45) is 1.57. The van der Waals surface area contributed by atoms with Gasteiger partial charge in [-0.05, 0) is 68.5 Å². The monoisotopic (exact) mass is 656 g/mol. The molecule has 3 aromatic carbocycles. The lowest BCUT2D eigenvalue weighted by atomic mass is 10.00. The molecular formula is C33H33ClN6O5Si. The van der Waals surface area contributed by atoms with Crippen LogP contribution in [0, 0.1) is 6.92 Å². The lowest BCUT2D eigenvalue weighted by molar-refractivity contribution is -0.121. The van der Waals surface area contributed by atoms with Crippen LogP contribution in [0.15, 0.2) is 76.3 Å². The van der Waals surface area contributed by atoms with Crippen molar-refractivity contribution < 1.29 is 23.5 Å². The molecule has 0 fully saturated rings. The fraction of sp³-hybridized carbons (Fsp3) is 0.242. The zero-order valence-electron chi connectivity index (χ0n) is 25.8. The zero-order valence-corrected chi connectivity index (χ0v) is 27.6. The first-order valence-corrected chi connectivity index (χ1v) is 18.1. The quantitative estimate of drug-likeness (QED) is 0.159. The van der Waals surface area contributed by atoms with Crippen molar-refractivity contribution in [2.24, 2.45) is 4.99 Å². The number of benzene rings is 3. The van der Waals surface area contributed by atoms with Crippen LogP contribution in [0.1, 0.15) is 45.6 Å². The fourth-order valence-corrected chi connectivity index (χ4v) is 6.88. The van der Waals surface area contributed by atoms with Gasteiger partial charge in [0.05, 0.1) is 31.2 Å². The molecule has 0 aliphatic carbocycles. The maximum absolute atomic E-state index is 13.2. The predicted octanol–water partition coefficient (Wildman–Crippen LogP) is 4.22. The second-order valence-corrected chi connectivity index (χ2v) is 15.6. The highest BCUT2D eigenvalue weighted by Gasteiger charge is 2.30. The highest BCUT2D eigenvalue weighted by molar-refractivity contribution is 6.85. The Kier molecular flexibility index (Phi) is 8.51. The molecule has 0 radical (unpaired) electrons. The maximum atomic E-state index is 13.2. The van der Waals surface area contributed by atoms with E-state index < -0.39 is 14.4 Å². The van der Waals surface area contributed by atoms with E-state index in [1.807, 2.05) is 41.8 Å². The van der Waals surface area contributed by atoms with E-state index in [0.717, 1.165) is 27.4 Å². The highest BCUT2D eigenvalue weighted by atomic mass is 35.5. The summed E-state index contributed by atoms with van der Waals surface area (Å²) < 4.78 is 13.0. The number of methoxy groups -OCH3 is 1. The molecule has 3 N–H and O–H groups in total. The minimum atomic E-state index is -2.64. The number of carbonyl (C=O) groups excluding carboxylic acids is 2. The Morgan fingerprint density at radius 1 is 1.04 bits per heavy atom. The van der Waals surface area contributed by atoms with Crippen LogP contribution in [0.2, 0.25) is 18.1 Å². The summed E-state index contributed by atoms with van der Waals surface area (Å²) in [7, 11) is -1.03. The Balaban J connectivity index is 1.18. The summed E-state index contributed by atoms with van der Waals surface area (Å²) >= 11 is 6.19. The number of halogens is 1. The summed E-state index contributed by atoms with van der Waals surface area (Å²) in [5.74, 6) is 1.31. The third-order valence-corrected chi connectivity index (χ3v) is 9.81. The molecule has 5 aromatic rings. The van der Waals surface area contributed by atoms with Crippen LogP contribution in [0.5, 0.6) is 5.75 Å². The molecule has 1 aliphatic heterocycles. The molecule has 11 nitrogen and oxygen atoms in total. The molecule has 1 atom stereocenters. The second kappa shape index (κ2) is 12.5. The van der Waals surface area contributed by atoms with Gasteiger partial charge in [0.25, 0.3) is 5.91 Å². The van der Waals surface area contributed by atoms with Crippen molar-refractivity contribution in [2.75, 3.05) is 20.2 Å². The van der Waals surface area contributed by atoms with Gasteiger partial charge in [-0.15, -0.1) is 10.2 Å². The number of ether oxygens (including phenoxy) is 1. The topological polar surface area (TPSA) is 144 Å². The Hall–Kier alpha value is -4.78. The van der Waals surface area contributed by atoms with Crippen LogP contribution in [-0.4, -0.2) is 65.6 Å². The number of aliphatic imine (C=N–C) groups is 1. The highest BCUT2D eigenvalue weighted by Crippen LogP contribution is 2.34. The van der Waals surface area contributed by atoms with E-state index in [9.17, 15) is 14.4 Å². The molecule has 2 aromatic heterocycles. The third kappa shape index (κ3) is 6.19. The number of nitrogens with zero attached hydrogens (tertiary/aromatic N) is 4. The predicted molar refractivity (Wildman–Crippen MR) is 178 cm³/mol. The minimum absolute atomic E-state index is 0.00899. The van der Waals surface area contributed by atoms with Crippen LogP contribution in [0.3, 0.4) is 0 Å². The van der Waals surface area contributed by atoms with Crippen molar-refractivity contribution in [1.82, 2.24) is 25.4 Å². The standard InChI is InChI=1S/C33H33ClN6O5Si/c1-19-38-39-32-26(37-31(20-5-8-22(34)9-6-20)24-16-23(44-2)10-11-27(24)40(19)32)17-30(41)35-13-14-36-33(42)21-7-12-28-25(15-21)29(18-45-28)46(3,4)43/h5-12,15-16,18,26,43H,13-14,17H2,1-4H3,(H,35,41)(H,36,42)/t26-/m0/s1. The largest absolute Gasteiger partial charge is 0.497 e. The van der Waals surface area contributed by atoms with E-state index in [1.165, 1.54) is 0 Å². The summed E-state index contributed by atoms with van der Waals surface area (Å²) in [4.78, 5) is 41.8. The number of amides is 2. The number of aromatic nitrogens is 3.